The lowest BCUT2D eigenvalue weighted by Gasteiger charge is -2.02. The van der Waals surface area contributed by atoms with Crippen molar-refractivity contribution in [2.75, 3.05) is 7.11 Å². The molecule has 0 amide bonds. The number of methoxy groups -OCH3 is 1. The highest BCUT2D eigenvalue weighted by Gasteiger charge is 2.18. The van der Waals surface area contributed by atoms with Gasteiger partial charge in [0.2, 0.25) is 0 Å². The third kappa shape index (κ3) is 2.33. The van der Waals surface area contributed by atoms with Crippen molar-refractivity contribution in [3.05, 3.63) is 39.4 Å². The van der Waals surface area contributed by atoms with E-state index < -0.39 is 10.9 Å². The zero-order chi connectivity index (χ0) is 12.1. The number of nitro benzene ring substituents is 1. The van der Waals surface area contributed by atoms with Crippen LogP contribution in [0.15, 0.2) is 18.2 Å². The average Bonchev–Trinajstić information content (AvgIpc) is 2.28. The van der Waals surface area contributed by atoms with Crippen LogP contribution in [0.3, 0.4) is 0 Å². The summed E-state index contributed by atoms with van der Waals surface area (Å²) in [7, 11) is 1.21. The van der Waals surface area contributed by atoms with Crippen LogP contribution in [0, 0.1) is 21.4 Å². The van der Waals surface area contributed by atoms with Crippen LogP contribution >= 0.6 is 0 Å². The monoisotopic (exact) mass is 220 g/mol. The van der Waals surface area contributed by atoms with Crippen molar-refractivity contribution in [2.24, 2.45) is 0 Å². The molecule has 0 atom stereocenters. The minimum atomic E-state index is -0.653. The normalized spacial score (nSPS) is 9.25. The topological polar surface area (TPSA) is 93.2 Å². The van der Waals surface area contributed by atoms with E-state index in [1.54, 1.807) is 6.07 Å². The Morgan fingerprint density at radius 2 is 2.31 bits per heavy atom. The summed E-state index contributed by atoms with van der Waals surface area (Å²) in [5.41, 5.74) is -0.106. The molecule has 0 spiro atoms. The van der Waals surface area contributed by atoms with Crippen LogP contribution in [0.2, 0.25) is 0 Å². The van der Waals surface area contributed by atoms with E-state index in [-0.39, 0.29) is 17.7 Å². The largest absolute Gasteiger partial charge is 0.469 e. The number of hydrogen-bond acceptors (Lipinski definition) is 5. The highest BCUT2D eigenvalue weighted by atomic mass is 16.6. The minimum Gasteiger partial charge on any atom is -0.469 e. The number of hydrogen-bond donors (Lipinski definition) is 0. The Kier molecular flexibility index (Phi) is 3.56. The highest BCUT2D eigenvalue weighted by molar-refractivity contribution is 5.74. The molecule has 0 unspecified atom stereocenters. The summed E-state index contributed by atoms with van der Waals surface area (Å²) >= 11 is 0. The Labute approximate surface area is 91.2 Å². The summed E-state index contributed by atoms with van der Waals surface area (Å²) in [5, 5.41) is 19.5. The molecule has 0 bridgehead atoms. The van der Waals surface area contributed by atoms with E-state index in [1.165, 1.54) is 25.3 Å². The molecular weight excluding hydrogens is 212 g/mol. The SMILES string of the molecule is COC(=O)Cc1cccc([N+](=O)[O-])c1C#N. The average molecular weight is 220 g/mol. The van der Waals surface area contributed by atoms with Gasteiger partial charge in [-0.15, -0.1) is 0 Å². The molecule has 6 heteroatoms. The Morgan fingerprint density at radius 3 is 2.81 bits per heavy atom. The molecule has 0 fully saturated rings. The van der Waals surface area contributed by atoms with Gasteiger partial charge < -0.3 is 4.74 Å². The van der Waals surface area contributed by atoms with E-state index in [2.05, 4.69) is 4.74 Å². The van der Waals surface area contributed by atoms with Crippen molar-refractivity contribution in [3.63, 3.8) is 0 Å². The van der Waals surface area contributed by atoms with Crippen LogP contribution in [0.4, 0.5) is 5.69 Å². The fraction of sp³-hybridized carbons (Fsp3) is 0.200. The zero-order valence-corrected chi connectivity index (χ0v) is 8.47. The van der Waals surface area contributed by atoms with Crippen LogP contribution in [-0.2, 0) is 16.0 Å². The second-order valence-corrected chi connectivity index (χ2v) is 2.93. The summed E-state index contributed by atoms with van der Waals surface area (Å²) < 4.78 is 4.44. The van der Waals surface area contributed by atoms with Gasteiger partial charge in [-0.2, -0.15) is 5.26 Å². The van der Waals surface area contributed by atoms with Crippen molar-refractivity contribution >= 4 is 11.7 Å². The summed E-state index contributed by atoms with van der Waals surface area (Å²) in [6, 6.07) is 5.86. The first-order chi connectivity index (χ1) is 7.60. The van der Waals surface area contributed by atoms with Gasteiger partial charge in [-0.25, -0.2) is 0 Å². The molecule has 0 saturated heterocycles. The molecule has 1 rings (SSSR count). The molecule has 6 nitrogen and oxygen atoms in total. The number of benzene rings is 1. The fourth-order valence-electron chi connectivity index (χ4n) is 1.24. The molecule has 0 N–H and O–H groups in total. The molecule has 1 aromatic rings. The zero-order valence-electron chi connectivity index (χ0n) is 8.47. The van der Waals surface area contributed by atoms with Crippen molar-refractivity contribution in [1.29, 1.82) is 5.26 Å². The number of nitriles is 1. The number of nitrogens with zero attached hydrogens (tertiary/aromatic N) is 2. The van der Waals surface area contributed by atoms with Gasteiger partial charge in [-0.3, -0.25) is 14.9 Å². The van der Waals surface area contributed by atoms with E-state index in [9.17, 15) is 14.9 Å². The first-order valence-corrected chi connectivity index (χ1v) is 4.33. The number of rotatable bonds is 3. The minimum absolute atomic E-state index is 0.0992. The molecule has 0 aromatic heterocycles. The van der Waals surface area contributed by atoms with Crippen LogP contribution in [0.1, 0.15) is 11.1 Å². The Morgan fingerprint density at radius 1 is 1.62 bits per heavy atom. The highest BCUT2D eigenvalue weighted by Crippen LogP contribution is 2.21. The molecule has 1 aromatic carbocycles. The molecule has 0 radical (unpaired) electrons. The second kappa shape index (κ2) is 4.89. The van der Waals surface area contributed by atoms with E-state index in [0.29, 0.717) is 5.56 Å². The van der Waals surface area contributed by atoms with Gasteiger partial charge in [-0.1, -0.05) is 12.1 Å². The number of nitro groups is 1. The van der Waals surface area contributed by atoms with Crippen LogP contribution in [-0.4, -0.2) is 18.0 Å². The van der Waals surface area contributed by atoms with Gasteiger partial charge in [0.1, 0.15) is 11.6 Å². The molecule has 0 heterocycles. The third-order valence-corrected chi connectivity index (χ3v) is 2.00. The van der Waals surface area contributed by atoms with E-state index in [0.717, 1.165) is 0 Å². The fourth-order valence-corrected chi connectivity index (χ4v) is 1.24. The Balaban J connectivity index is 3.20. The maximum Gasteiger partial charge on any atom is 0.310 e. The molecule has 82 valence electrons. The van der Waals surface area contributed by atoms with Crippen molar-refractivity contribution in [1.82, 2.24) is 0 Å². The lowest BCUT2D eigenvalue weighted by atomic mass is 10.0. The maximum absolute atomic E-state index is 11.0. The molecule has 0 aliphatic carbocycles. The number of carbonyl (C=O) groups excluding carboxylic acids is 1. The van der Waals surface area contributed by atoms with Gasteiger partial charge in [0.25, 0.3) is 5.69 Å². The summed E-state index contributed by atoms with van der Waals surface area (Å²) in [4.78, 5) is 21.0. The van der Waals surface area contributed by atoms with Crippen LogP contribution in [0.25, 0.3) is 0 Å². The smallest absolute Gasteiger partial charge is 0.310 e. The van der Waals surface area contributed by atoms with E-state index in [4.69, 9.17) is 5.26 Å². The Hall–Kier alpha value is -2.42. The first kappa shape index (κ1) is 11.7. The molecule has 0 aliphatic heterocycles. The van der Waals surface area contributed by atoms with E-state index in [1.807, 2.05) is 0 Å². The van der Waals surface area contributed by atoms with Gasteiger partial charge in [0.05, 0.1) is 18.5 Å². The van der Waals surface area contributed by atoms with Crippen LogP contribution in [0.5, 0.6) is 0 Å². The molecular formula is C10H8N2O4. The van der Waals surface area contributed by atoms with Crippen molar-refractivity contribution in [3.8, 4) is 6.07 Å². The third-order valence-electron chi connectivity index (χ3n) is 2.00. The predicted molar refractivity (Wildman–Crippen MR) is 53.5 cm³/mol. The summed E-state index contributed by atoms with van der Waals surface area (Å²) in [6.07, 6.45) is -0.152. The van der Waals surface area contributed by atoms with Gasteiger partial charge >= 0.3 is 5.97 Å². The Bertz CT molecular complexity index is 476. The molecule has 16 heavy (non-hydrogen) atoms. The maximum atomic E-state index is 11.0. The second-order valence-electron chi connectivity index (χ2n) is 2.93. The van der Waals surface area contributed by atoms with Crippen molar-refractivity contribution in [2.45, 2.75) is 6.42 Å². The number of ether oxygens (including phenoxy) is 1. The number of carbonyl (C=O) groups is 1. The first-order valence-electron chi connectivity index (χ1n) is 4.33. The quantitative estimate of drug-likeness (QED) is 0.433. The van der Waals surface area contributed by atoms with Gasteiger partial charge in [0, 0.05) is 6.07 Å². The van der Waals surface area contributed by atoms with Gasteiger partial charge in [0.15, 0.2) is 0 Å². The van der Waals surface area contributed by atoms with Gasteiger partial charge in [-0.05, 0) is 5.56 Å². The summed E-state index contributed by atoms with van der Waals surface area (Å²) in [5.74, 6) is -0.544. The lowest BCUT2D eigenvalue weighted by molar-refractivity contribution is -0.385. The predicted octanol–water partition coefficient (Wildman–Crippen LogP) is 1.18. The van der Waals surface area contributed by atoms with E-state index >= 15 is 0 Å². The number of esters is 1. The standard InChI is InChI=1S/C10H8N2O4/c1-16-10(13)5-7-3-2-4-9(12(14)15)8(7)6-11/h2-4H,5H2,1H3. The lowest BCUT2D eigenvalue weighted by Crippen LogP contribution is -2.07. The summed E-state index contributed by atoms with van der Waals surface area (Å²) in [6.45, 7) is 0. The molecule has 0 aliphatic rings. The van der Waals surface area contributed by atoms with Crippen LogP contribution < -0.4 is 0 Å². The van der Waals surface area contributed by atoms with Crippen molar-refractivity contribution < 1.29 is 14.5 Å². The molecule has 0 saturated carbocycles.